The van der Waals surface area contributed by atoms with E-state index < -0.39 is 32.4 Å². The van der Waals surface area contributed by atoms with Crippen LogP contribution in [0.4, 0.5) is 8.78 Å². The normalized spacial score (nSPS) is 11.8. The number of halogens is 2. The van der Waals surface area contributed by atoms with Gasteiger partial charge in [0.15, 0.2) is 5.82 Å². The molecule has 0 fully saturated rings. The standard InChI is InChI=1S/C11H12F2N4O2S/c1-3-17-10(15-16-11(17)20(14,18)19)8-7(12)5-4-6(2)9(8)13/h4-5H,3H2,1-2H3,(H2,14,18,19). The number of hydrogen-bond donors (Lipinski definition) is 1. The monoisotopic (exact) mass is 302 g/mol. The molecule has 2 aromatic rings. The summed E-state index contributed by atoms with van der Waals surface area (Å²) in [6, 6.07) is 2.36. The van der Waals surface area contributed by atoms with Crippen LogP contribution in [0.2, 0.25) is 0 Å². The predicted molar refractivity (Wildman–Crippen MR) is 67.2 cm³/mol. The van der Waals surface area contributed by atoms with Gasteiger partial charge < -0.3 is 0 Å². The first-order chi connectivity index (χ1) is 9.27. The molecule has 1 aromatic carbocycles. The minimum absolute atomic E-state index is 0.0981. The van der Waals surface area contributed by atoms with E-state index in [2.05, 4.69) is 10.2 Å². The van der Waals surface area contributed by atoms with E-state index in [1.807, 2.05) is 0 Å². The minimum atomic E-state index is -4.12. The highest BCUT2D eigenvalue weighted by molar-refractivity contribution is 7.89. The van der Waals surface area contributed by atoms with Crippen LogP contribution in [0, 0.1) is 18.6 Å². The van der Waals surface area contributed by atoms with Gasteiger partial charge in [0, 0.05) is 6.54 Å². The van der Waals surface area contributed by atoms with Crippen LogP contribution in [0.5, 0.6) is 0 Å². The predicted octanol–water partition coefficient (Wildman–Crippen LogP) is 1.20. The highest BCUT2D eigenvalue weighted by Crippen LogP contribution is 2.27. The van der Waals surface area contributed by atoms with E-state index in [1.54, 1.807) is 6.92 Å². The Balaban J connectivity index is 2.79. The van der Waals surface area contributed by atoms with Crippen molar-refractivity contribution in [2.24, 2.45) is 5.14 Å². The van der Waals surface area contributed by atoms with Gasteiger partial charge >= 0.3 is 0 Å². The van der Waals surface area contributed by atoms with Gasteiger partial charge in [-0.3, -0.25) is 4.57 Å². The molecule has 0 bridgehead atoms. The summed E-state index contributed by atoms with van der Waals surface area (Å²) in [6.45, 7) is 3.15. The Hall–Kier alpha value is -1.87. The Morgan fingerprint density at radius 1 is 1.30 bits per heavy atom. The zero-order valence-corrected chi connectivity index (χ0v) is 11.6. The molecule has 9 heteroatoms. The van der Waals surface area contributed by atoms with Crippen molar-refractivity contribution in [3.05, 3.63) is 29.3 Å². The summed E-state index contributed by atoms with van der Waals surface area (Å²) in [5.41, 5.74) is -0.210. The van der Waals surface area contributed by atoms with Crippen molar-refractivity contribution in [2.45, 2.75) is 25.5 Å². The number of rotatable bonds is 3. The number of primary sulfonamides is 1. The number of nitrogens with zero attached hydrogens (tertiary/aromatic N) is 3. The molecule has 0 unspecified atom stereocenters. The Morgan fingerprint density at radius 3 is 2.50 bits per heavy atom. The van der Waals surface area contributed by atoms with Crippen LogP contribution in [-0.2, 0) is 16.6 Å². The number of sulfonamides is 1. The molecule has 1 heterocycles. The van der Waals surface area contributed by atoms with E-state index in [0.717, 1.165) is 10.6 Å². The summed E-state index contributed by atoms with van der Waals surface area (Å²) >= 11 is 0. The zero-order chi connectivity index (χ0) is 15.1. The van der Waals surface area contributed by atoms with E-state index in [-0.39, 0.29) is 17.9 Å². The van der Waals surface area contributed by atoms with Gasteiger partial charge in [-0.05, 0) is 25.5 Å². The van der Waals surface area contributed by atoms with E-state index in [9.17, 15) is 17.2 Å². The van der Waals surface area contributed by atoms with Gasteiger partial charge in [-0.2, -0.15) is 0 Å². The number of benzene rings is 1. The third kappa shape index (κ3) is 2.29. The van der Waals surface area contributed by atoms with E-state index in [1.165, 1.54) is 13.0 Å². The van der Waals surface area contributed by atoms with E-state index in [0.29, 0.717) is 0 Å². The van der Waals surface area contributed by atoms with Gasteiger partial charge in [-0.1, -0.05) is 6.07 Å². The smallest absolute Gasteiger partial charge is 0.273 e. The van der Waals surface area contributed by atoms with Crippen LogP contribution in [0.3, 0.4) is 0 Å². The van der Waals surface area contributed by atoms with Gasteiger partial charge in [-0.15, -0.1) is 10.2 Å². The molecule has 0 aliphatic carbocycles. The lowest BCUT2D eigenvalue weighted by molar-refractivity contribution is 0.563. The van der Waals surface area contributed by atoms with Crippen molar-refractivity contribution in [1.82, 2.24) is 14.8 Å². The molecular formula is C11H12F2N4O2S. The summed E-state index contributed by atoms with van der Waals surface area (Å²) in [7, 11) is -4.12. The molecule has 0 saturated carbocycles. The molecule has 108 valence electrons. The van der Waals surface area contributed by atoms with Crippen molar-refractivity contribution < 1.29 is 17.2 Å². The lowest BCUT2D eigenvalue weighted by atomic mass is 10.1. The Bertz CT molecular complexity index is 771. The maximum absolute atomic E-state index is 14.1. The Labute approximate surface area is 114 Å². The highest BCUT2D eigenvalue weighted by Gasteiger charge is 2.25. The zero-order valence-electron chi connectivity index (χ0n) is 10.8. The van der Waals surface area contributed by atoms with Crippen LogP contribution in [0.1, 0.15) is 12.5 Å². The first-order valence-electron chi connectivity index (χ1n) is 5.68. The molecule has 0 atom stereocenters. The molecule has 0 saturated heterocycles. The van der Waals surface area contributed by atoms with Crippen LogP contribution < -0.4 is 5.14 Å². The number of aromatic nitrogens is 3. The highest BCUT2D eigenvalue weighted by atomic mass is 32.2. The summed E-state index contributed by atoms with van der Waals surface area (Å²) in [5.74, 6) is -1.88. The first-order valence-corrected chi connectivity index (χ1v) is 7.23. The summed E-state index contributed by atoms with van der Waals surface area (Å²) in [5, 5.41) is 11.4. The molecule has 20 heavy (non-hydrogen) atoms. The summed E-state index contributed by atoms with van der Waals surface area (Å²) in [6.07, 6.45) is 0. The van der Waals surface area contributed by atoms with Crippen LogP contribution in [-0.4, -0.2) is 23.2 Å². The maximum Gasteiger partial charge on any atom is 0.273 e. The Morgan fingerprint density at radius 2 is 1.95 bits per heavy atom. The van der Waals surface area contributed by atoms with Crippen molar-refractivity contribution in [2.75, 3.05) is 0 Å². The molecule has 1 aromatic heterocycles. The Kier molecular flexibility index (Phi) is 3.57. The average Bonchev–Trinajstić information content (AvgIpc) is 2.78. The van der Waals surface area contributed by atoms with E-state index in [4.69, 9.17) is 5.14 Å². The molecule has 2 N–H and O–H groups in total. The lowest BCUT2D eigenvalue weighted by Gasteiger charge is -2.09. The summed E-state index contributed by atoms with van der Waals surface area (Å²) in [4.78, 5) is 0. The van der Waals surface area contributed by atoms with Crippen molar-refractivity contribution in [3.63, 3.8) is 0 Å². The van der Waals surface area contributed by atoms with Crippen LogP contribution >= 0.6 is 0 Å². The van der Waals surface area contributed by atoms with Gasteiger partial charge in [0.1, 0.15) is 11.6 Å². The molecule has 2 rings (SSSR count). The molecular weight excluding hydrogens is 290 g/mol. The molecule has 0 aliphatic rings. The maximum atomic E-state index is 14.1. The second kappa shape index (κ2) is 4.91. The molecule has 0 spiro atoms. The lowest BCUT2D eigenvalue weighted by Crippen LogP contribution is -2.18. The van der Waals surface area contributed by atoms with Gasteiger partial charge in [0.05, 0.1) is 5.56 Å². The fourth-order valence-corrected chi connectivity index (χ4v) is 2.51. The van der Waals surface area contributed by atoms with Crippen LogP contribution in [0.15, 0.2) is 17.3 Å². The van der Waals surface area contributed by atoms with Crippen LogP contribution in [0.25, 0.3) is 11.4 Å². The third-order valence-electron chi connectivity index (χ3n) is 2.80. The number of aryl methyl sites for hydroxylation is 1. The molecule has 0 amide bonds. The SMILES string of the molecule is CCn1c(-c2c(F)ccc(C)c2F)nnc1S(N)(=O)=O. The molecule has 6 nitrogen and oxygen atoms in total. The van der Waals surface area contributed by atoms with Crippen molar-refractivity contribution in [1.29, 1.82) is 0 Å². The van der Waals surface area contributed by atoms with Gasteiger partial charge in [0.25, 0.3) is 15.2 Å². The van der Waals surface area contributed by atoms with Crippen molar-refractivity contribution >= 4 is 10.0 Å². The second-order valence-corrected chi connectivity index (χ2v) is 5.60. The van der Waals surface area contributed by atoms with E-state index >= 15 is 0 Å². The minimum Gasteiger partial charge on any atom is -0.297 e. The topological polar surface area (TPSA) is 90.9 Å². The second-order valence-electron chi connectivity index (χ2n) is 4.15. The first kappa shape index (κ1) is 14.5. The van der Waals surface area contributed by atoms with Gasteiger partial charge in [-0.25, -0.2) is 22.3 Å². The third-order valence-corrected chi connectivity index (χ3v) is 3.61. The van der Waals surface area contributed by atoms with Crippen molar-refractivity contribution in [3.8, 4) is 11.4 Å². The fraction of sp³-hybridized carbons (Fsp3) is 0.273. The average molecular weight is 302 g/mol. The largest absolute Gasteiger partial charge is 0.297 e. The number of hydrogen-bond acceptors (Lipinski definition) is 4. The quantitative estimate of drug-likeness (QED) is 0.922. The molecule has 0 radical (unpaired) electrons. The summed E-state index contributed by atoms with van der Waals surface area (Å²) < 4.78 is 51.7. The molecule has 0 aliphatic heterocycles. The number of nitrogens with two attached hydrogens (primary N) is 1. The fourth-order valence-electron chi connectivity index (χ4n) is 1.83. The van der Waals surface area contributed by atoms with Gasteiger partial charge in [0.2, 0.25) is 0 Å².